The highest BCUT2D eigenvalue weighted by Crippen LogP contribution is 2.36. The van der Waals surface area contributed by atoms with Gasteiger partial charge in [-0.05, 0) is 37.3 Å². The molecule has 0 radical (unpaired) electrons. The number of rotatable bonds is 5. The summed E-state index contributed by atoms with van der Waals surface area (Å²) in [4.78, 5) is 25.8. The fraction of sp³-hybridized carbons (Fsp3) is 0.600. The Balaban J connectivity index is 1.92. The Bertz CT molecular complexity index is 497. The van der Waals surface area contributed by atoms with Gasteiger partial charge in [-0.2, -0.15) is 0 Å². The summed E-state index contributed by atoms with van der Waals surface area (Å²) in [6, 6.07) is 4.10. The quantitative estimate of drug-likeness (QED) is 0.877. The molecule has 3 atom stereocenters. The second-order valence-electron chi connectivity index (χ2n) is 5.57. The van der Waals surface area contributed by atoms with Crippen LogP contribution < -0.4 is 5.32 Å². The van der Waals surface area contributed by atoms with Crippen LogP contribution >= 0.6 is 11.3 Å². The highest BCUT2D eigenvalue weighted by Gasteiger charge is 2.40. The normalized spacial score (nSPS) is 25.6. The number of hydrogen-bond donors (Lipinski definition) is 2. The van der Waals surface area contributed by atoms with Crippen LogP contribution in [0.5, 0.6) is 0 Å². The van der Waals surface area contributed by atoms with Gasteiger partial charge in [-0.25, -0.2) is 0 Å². The molecule has 1 fully saturated rings. The Hall–Kier alpha value is -1.36. The molecule has 4 nitrogen and oxygen atoms in total. The Morgan fingerprint density at radius 1 is 1.30 bits per heavy atom. The molecule has 1 aliphatic rings. The molecule has 0 spiro atoms. The molecule has 0 saturated heterocycles. The van der Waals surface area contributed by atoms with E-state index in [-0.39, 0.29) is 11.8 Å². The van der Waals surface area contributed by atoms with E-state index in [0.29, 0.717) is 25.3 Å². The second kappa shape index (κ2) is 6.39. The molecule has 1 aromatic rings. The molecule has 20 heavy (non-hydrogen) atoms. The number of aliphatic carboxylic acids is 1. The molecule has 0 aromatic carbocycles. The number of nitrogens with one attached hydrogen (secondary N) is 1. The lowest BCUT2D eigenvalue weighted by Gasteiger charge is -2.15. The molecule has 110 valence electrons. The summed E-state index contributed by atoms with van der Waals surface area (Å²) in [7, 11) is 0. The van der Waals surface area contributed by atoms with Gasteiger partial charge in [0.25, 0.3) is 0 Å². The van der Waals surface area contributed by atoms with Crippen LogP contribution in [0.1, 0.15) is 36.4 Å². The Morgan fingerprint density at radius 2 is 1.95 bits per heavy atom. The maximum Gasteiger partial charge on any atom is 0.307 e. The molecule has 2 rings (SSSR count). The fourth-order valence-corrected chi connectivity index (χ4v) is 3.76. The monoisotopic (exact) mass is 295 g/mol. The van der Waals surface area contributed by atoms with Crippen LogP contribution in [0.3, 0.4) is 0 Å². The SMILES string of the molecule is CCc1ccc(CNC(=O)[C@H]2CC(C)C[C@H]2C(=O)O)s1. The molecule has 1 aromatic heterocycles. The van der Waals surface area contributed by atoms with Crippen LogP contribution in [0.2, 0.25) is 0 Å². The molecular formula is C15H21NO3S. The first-order chi connectivity index (χ1) is 9.51. The average Bonchev–Trinajstić information content (AvgIpc) is 3.02. The molecule has 0 aliphatic heterocycles. The summed E-state index contributed by atoms with van der Waals surface area (Å²) in [5.41, 5.74) is 0. The predicted molar refractivity (Wildman–Crippen MR) is 78.6 cm³/mol. The van der Waals surface area contributed by atoms with E-state index < -0.39 is 11.9 Å². The Labute approximate surface area is 123 Å². The smallest absolute Gasteiger partial charge is 0.307 e. The van der Waals surface area contributed by atoms with Crippen LogP contribution in [-0.2, 0) is 22.6 Å². The van der Waals surface area contributed by atoms with Gasteiger partial charge < -0.3 is 10.4 Å². The molecular weight excluding hydrogens is 274 g/mol. The van der Waals surface area contributed by atoms with E-state index in [1.54, 1.807) is 11.3 Å². The third kappa shape index (κ3) is 3.39. The molecule has 1 saturated carbocycles. The van der Waals surface area contributed by atoms with Crippen molar-refractivity contribution in [2.24, 2.45) is 17.8 Å². The summed E-state index contributed by atoms with van der Waals surface area (Å²) >= 11 is 1.69. The average molecular weight is 295 g/mol. The minimum Gasteiger partial charge on any atom is -0.481 e. The Kier molecular flexibility index (Phi) is 4.81. The van der Waals surface area contributed by atoms with Gasteiger partial charge >= 0.3 is 5.97 Å². The van der Waals surface area contributed by atoms with E-state index in [4.69, 9.17) is 0 Å². The number of hydrogen-bond acceptors (Lipinski definition) is 3. The summed E-state index contributed by atoms with van der Waals surface area (Å²) in [5.74, 6) is -1.57. The number of carbonyl (C=O) groups excluding carboxylic acids is 1. The van der Waals surface area contributed by atoms with E-state index in [2.05, 4.69) is 18.3 Å². The van der Waals surface area contributed by atoms with Crippen molar-refractivity contribution in [2.45, 2.75) is 39.7 Å². The number of aryl methyl sites for hydroxylation is 1. The van der Waals surface area contributed by atoms with Crippen molar-refractivity contribution in [2.75, 3.05) is 0 Å². The van der Waals surface area contributed by atoms with Crippen molar-refractivity contribution in [3.8, 4) is 0 Å². The summed E-state index contributed by atoms with van der Waals surface area (Å²) < 4.78 is 0. The molecule has 0 bridgehead atoms. The first kappa shape index (κ1) is 15.0. The van der Waals surface area contributed by atoms with Crippen LogP contribution in [0.25, 0.3) is 0 Å². The molecule has 5 heteroatoms. The third-order valence-electron chi connectivity index (χ3n) is 3.95. The minimum absolute atomic E-state index is 0.117. The van der Waals surface area contributed by atoms with Gasteiger partial charge in [-0.1, -0.05) is 13.8 Å². The van der Waals surface area contributed by atoms with Gasteiger partial charge in [-0.3, -0.25) is 9.59 Å². The van der Waals surface area contributed by atoms with Gasteiger partial charge in [0.15, 0.2) is 0 Å². The standard InChI is InChI=1S/C15H21NO3S/c1-3-10-4-5-11(20-10)8-16-14(17)12-6-9(2)7-13(12)15(18)19/h4-5,9,12-13H,3,6-8H2,1-2H3,(H,16,17)(H,18,19)/t9?,12-,13+/m0/s1. The first-order valence-electron chi connectivity index (χ1n) is 7.09. The van der Waals surface area contributed by atoms with Crippen molar-refractivity contribution in [3.63, 3.8) is 0 Å². The van der Waals surface area contributed by atoms with Crippen LogP contribution in [0.4, 0.5) is 0 Å². The van der Waals surface area contributed by atoms with Crippen LogP contribution in [0, 0.1) is 17.8 Å². The molecule has 1 amide bonds. The summed E-state index contributed by atoms with van der Waals surface area (Å²) in [6.07, 6.45) is 2.28. The number of amides is 1. The topological polar surface area (TPSA) is 66.4 Å². The van der Waals surface area contributed by atoms with E-state index in [1.807, 2.05) is 13.0 Å². The number of carbonyl (C=O) groups is 2. The second-order valence-corrected chi connectivity index (χ2v) is 6.82. The van der Waals surface area contributed by atoms with Crippen molar-refractivity contribution in [3.05, 3.63) is 21.9 Å². The molecule has 2 N–H and O–H groups in total. The minimum atomic E-state index is -0.848. The number of thiophene rings is 1. The lowest BCUT2D eigenvalue weighted by Crippen LogP contribution is -2.34. The third-order valence-corrected chi connectivity index (χ3v) is 5.18. The van der Waals surface area contributed by atoms with Gasteiger partial charge in [0, 0.05) is 9.75 Å². The maximum absolute atomic E-state index is 12.2. The van der Waals surface area contributed by atoms with E-state index in [1.165, 1.54) is 4.88 Å². The van der Waals surface area contributed by atoms with Crippen molar-refractivity contribution in [1.29, 1.82) is 0 Å². The molecule has 1 heterocycles. The van der Waals surface area contributed by atoms with E-state index >= 15 is 0 Å². The fourth-order valence-electron chi connectivity index (χ4n) is 2.87. The Morgan fingerprint density at radius 3 is 2.55 bits per heavy atom. The first-order valence-corrected chi connectivity index (χ1v) is 7.91. The lowest BCUT2D eigenvalue weighted by molar-refractivity contribution is -0.146. The van der Waals surface area contributed by atoms with Crippen LogP contribution in [0.15, 0.2) is 12.1 Å². The lowest BCUT2D eigenvalue weighted by atomic mass is 9.95. The zero-order valence-electron chi connectivity index (χ0n) is 11.9. The number of carboxylic acid groups (broad SMARTS) is 1. The summed E-state index contributed by atoms with van der Waals surface area (Å²) in [6.45, 7) is 4.61. The molecule has 1 aliphatic carbocycles. The van der Waals surface area contributed by atoms with Gasteiger partial charge in [0.05, 0.1) is 18.4 Å². The largest absolute Gasteiger partial charge is 0.481 e. The van der Waals surface area contributed by atoms with Gasteiger partial charge in [0.1, 0.15) is 0 Å². The van der Waals surface area contributed by atoms with Crippen molar-refractivity contribution in [1.82, 2.24) is 5.32 Å². The highest BCUT2D eigenvalue weighted by molar-refractivity contribution is 7.11. The zero-order chi connectivity index (χ0) is 14.7. The van der Waals surface area contributed by atoms with Crippen molar-refractivity contribution < 1.29 is 14.7 Å². The van der Waals surface area contributed by atoms with Crippen molar-refractivity contribution >= 4 is 23.2 Å². The summed E-state index contributed by atoms with van der Waals surface area (Å²) in [5, 5.41) is 12.1. The zero-order valence-corrected chi connectivity index (χ0v) is 12.7. The number of carboxylic acids is 1. The van der Waals surface area contributed by atoms with Crippen LogP contribution in [-0.4, -0.2) is 17.0 Å². The van der Waals surface area contributed by atoms with E-state index in [0.717, 1.165) is 11.3 Å². The van der Waals surface area contributed by atoms with Gasteiger partial charge in [0.2, 0.25) is 5.91 Å². The van der Waals surface area contributed by atoms with E-state index in [9.17, 15) is 14.7 Å². The maximum atomic E-state index is 12.2. The van der Waals surface area contributed by atoms with Gasteiger partial charge in [-0.15, -0.1) is 11.3 Å². The molecule has 1 unspecified atom stereocenters. The predicted octanol–water partition coefficient (Wildman–Crippen LogP) is 2.67. The highest BCUT2D eigenvalue weighted by atomic mass is 32.1.